The summed E-state index contributed by atoms with van der Waals surface area (Å²) in [5.74, 6) is 1.97. The molecule has 0 fully saturated rings. The number of furan rings is 1. The first-order valence-corrected chi connectivity index (χ1v) is 7.51. The van der Waals surface area contributed by atoms with Crippen LogP contribution in [0.25, 0.3) is 28.5 Å². The van der Waals surface area contributed by atoms with Gasteiger partial charge in [0, 0.05) is 17.5 Å². The first-order chi connectivity index (χ1) is 12.8. The lowest BCUT2D eigenvalue weighted by atomic mass is 10.2. The van der Waals surface area contributed by atoms with Crippen LogP contribution in [0.2, 0.25) is 0 Å². The Labute approximate surface area is 146 Å². The molecule has 10 nitrogen and oxygen atoms in total. The Kier molecular flexibility index (Phi) is 3.94. The lowest BCUT2D eigenvalue weighted by Gasteiger charge is -2.02. The molecular weight excluding hydrogens is 334 g/mol. The maximum atomic E-state index is 9.14. The number of allylic oxidation sites excluding steroid dienone is 1. The zero-order chi connectivity index (χ0) is 17.8. The molecule has 0 aliphatic heterocycles. The van der Waals surface area contributed by atoms with Gasteiger partial charge in [-0.25, -0.2) is 4.98 Å². The van der Waals surface area contributed by atoms with Crippen LogP contribution in [0.3, 0.4) is 0 Å². The molecule has 0 aliphatic rings. The minimum Gasteiger partial charge on any atom is -0.461 e. The van der Waals surface area contributed by atoms with Gasteiger partial charge in [-0.1, -0.05) is 0 Å². The summed E-state index contributed by atoms with van der Waals surface area (Å²) in [6.07, 6.45) is 3.09. The average molecular weight is 345 g/mol. The van der Waals surface area contributed by atoms with Crippen LogP contribution >= 0.6 is 0 Å². The topological polar surface area (TPSA) is 145 Å². The first kappa shape index (κ1) is 15.3. The largest absolute Gasteiger partial charge is 0.461 e. The summed E-state index contributed by atoms with van der Waals surface area (Å²) in [6.45, 7) is 0. The molecule has 3 heterocycles. The van der Waals surface area contributed by atoms with E-state index < -0.39 is 0 Å². The molecule has 0 amide bonds. The molecule has 1 aromatic carbocycles. The minimum absolute atomic E-state index is 0.225. The molecule has 0 saturated heterocycles. The molecule has 0 aliphatic carbocycles. The molecule has 0 bridgehead atoms. The number of aromatic nitrogens is 7. The van der Waals surface area contributed by atoms with Crippen molar-refractivity contribution in [2.24, 2.45) is 0 Å². The summed E-state index contributed by atoms with van der Waals surface area (Å²) in [5.41, 5.74) is 1.89. The van der Waals surface area contributed by atoms with Gasteiger partial charge in [-0.15, -0.1) is 10.2 Å². The van der Waals surface area contributed by atoms with Gasteiger partial charge >= 0.3 is 0 Å². The zero-order valence-corrected chi connectivity index (χ0v) is 13.2. The maximum Gasteiger partial charge on any atom is 0.216 e. The standard InChI is InChI=1S/C16H11N9O/c17-8-11(15-22-24-25-23-15)9-18-12-5-3-10(4-6-12)14-19-16(21-20-14)13-2-1-7-26-13/h1-7,9,18H,(H,19,20,21)(H,22,23,24,25). The quantitative estimate of drug-likeness (QED) is 0.467. The number of anilines is 1. The van der Waals surface area contributed by atoms with E-state index in [4.69, 9.17) is 9.68 Å². The highest BCUT2D eigenvalue weighted by molar-refractivity contribution is 5.74. The lowest BCUT2D eigenvalue weighted by Crippen LogP contribution is -1.93. The fraction of sp³-hybridized carbons (Fsp3) is 0. The molecule has 0 radical (unpaired) electrons. The molecule has 4 rings (SSSR count). The van der Waals surface area contributed by atoms with E-state index in [2.05, 4.69) is 41.1 Å². The van der Waals surface area contributed by atoms with Crippen LogP contribution in [-0.2, 0) is 0 Å². The van der Waals surface area contributed by atoms with Gasteiger partial charge in [-0.2, -0.15) is 15.6 Å². The van der Waals surface area contributed by atoms with Gasteiger partial charge in [-0.3, -0.25) is 5.10 Å². The van der Waals surface area contributed by atoms with E-state index in [0.717, 1.165) is 11.3 Å². The normalized spacial score (nSPS) is 11.3. The van der Waals surface area contributed by atoms with Crippen molar-refractivity contribution >= 4 is 11.3 Å². The van der Waals surface area contributed by atoms with E-state index in [9.17, 15) is 0 Å². The number of nitrogens with one attached hydrogen (secondary N) is 3. The molecule has 3 N–H and O–H groups in total. The van der Waals surface area contributed by atoms with Crippen molar-refractivity contribution in [3.05, 3.63) is 54.7 Å². The number of rotatable bonds is 5. The SMILES string of the molecule is N#CC(=CNc1ccc(-c2n[nH]c(-c3ccco3)n2)cc1)c1nn[nH]n1. The molecule has 4 aromatic rings. The van der Waals surface area contributed by atoms with Crippen LogP contribution in [-0.4, -0.2) is 35.8 Å². The third-order valence-electron chi connectivity index (χ3n) is 3.47. The minimum atomic E-state index is 0.225. The van der Waals surface area contributed by atoms with Gasteiger partial charge in [0.2, 0.25) is 5.82 Å². The molecule has 3 aromatic heterocycles. The molecule has 10 heteroatoms. The Balaban J connectivity index is 1.50. The Morgan fingerprint density at radius 3 is 2.77 bits per heavy atom. The van der Waals surface area contributed by atoms with Crippen molar-refractivity contribution in [1.29, 1.82) is 5.26 Å². The van der Waals surface area contributed by atoms with Crippen molar-refractivity contribution in [1.82, 2.24) is 35.8 Å². The molecule has 126 valence electrons. The van der Waals surface area contributed by atoms with Gasteiger partial charge in [0.25, 0.3) is 0 Å². The summed E-state index contributed by atoms with van der Waals surface area (Å²) >= 11 is 0. The van der Waals surface area contributed by atoms with Crippen molar-refractivity contribution < 1.29 is 4.42 Å². The predicted octanol–water partition coefficient (Wildman–Crippen LogP) is 2.22. The number of hydrogen-bond donors (Lipinski definition) is 3. The van der Waals surface area contributed by atoms with Crippen molar-refractivity contribution in [2.45, 2.75) is 0 Å². The summed E-state index contributed by atoms with van der Waals surface area (Å²) in [6, 6.07) is 13.0. The van der Waals surface area contributed by atoms with Gasteiger partial charge in [0.05, 0.1) is 6.26 Å². The van der Waals surface area contributed by atoms with Crippen LogP contribution in [0.1, 0.15) is 5.82 Å². The molecule has 26 heavy (non-hydrogen) atoms. The van der Waals surface area contributed by atoms with Crippen LogP contribution in [0.5, 0.6) is 0 Å². The van der Waals surface area contributed by atoms with E-state index in [1.807, 2.05) is 30.3 Å². The summed E-state index contributed by atoms with van der Waals surface area (Å²) in [7, 11) is 0. The van der Waals surface area contributed by atoms with Gasteiger partial charge < -0.3 is 9.73 Å². The Bertz CT molecular complexity index is 1050. The Morgan fingerprint density at radius 2 is 2.08 bits per heavy atom. The second-order valence-electron chi connectivity index (χ2n) is 5.11. The number of nitriles is 1. The number of aromatic amines is 2. The van der Waals surface area contributed by atoms with Gasteiger partial charge in [-0.05, 0) is 41.6 Å². The predicted molar refractivity (Wildman–Crippen MR) is 90.9 cm³/mol. The highest BCUT2D eigenvalue weighted by atomic mass is 16.3. The van der Waals surface area contributed by atoms with Gasteiger partial charge in [0.1, 0.15) is 11.6 Å². The summed E-state index contributed by atoms with van der Waals surface area (Å²) in [5, 5.41) is 32.5. The molecule has 0 atom stereocenters. The second-order valence-corrected chi connectivity index (χ2v) is 5.11. The van der Waals surface area contributed by atoms with Gasteiger partial charge in [0.15, 0.2) is 17.4 Å². The average Bonchev–Trinajstić information content (AvgIpc) is 3.43. The summed E-state index contributed by atoms with van der Waals surface area (Å²) < 4.78 is 5.29. The van der Waals surface area contributed by atoms with E-state index in [1.54, 1.807) is 18.4 Å². The number of hydrogen-bond acceptors (Lipinski definition) is 8. The van der Waals surface area contributed by atoms with E-state index in [-0.39, 0.29) is 11.4 Å². The highest BCUT2D eigenvalue weighted by Gasteiger charge is 2.10. The zero-order valence-electron chi connectivity index (χ0n) is 13.2. The molecular formula is C16H11N9O. The smallest absolute Gasteiger partial charge is 0.216 e. The summed E-state index contributed by atoms with van der Waals surface area (Å²) in [4.78, 5) is 4.41. The maximum absolute atomic E-state index is 9.14. The number of benzene rings is 1. The molecule has 0 saturated carbocycles. The lowest BCUT2D eigenvalue weighted by molar-refractivity contribution is 0.577. The molecule has 0 spiro atoms. The second kappa shape index (κ2) is 6.70. The van der Waals surface area contributed by atoms with Crippen LogP contribution in [0.4, 0.5) is 5.69 Å². The van der Waals surface area contributed by atoms with Crippen molar-refractivity contribution in [3.63, 3.8) is 0 Å². The first-order valence-electron chi connectivity index (χ1n) is 7.51. The van der Waals surface area contributed by atoms with E-state index >= 15 is 0 Å². The fourth-order valence-corrected chi connectivity index (χ4v) is 2.21. The molecule has 0 unspecified atom stereocenters. The third-order valence-corrected chi connectivity index (χ3v) is 3.47. The fourth-order valence-electron chi connectivity index (χ4n) is 2.21. The number of H-pyrrole nitrogens is 2. The van der Waals surface area contributed by atoms with E-state index in [1.165, 1.54) is 6.20 Å². The van der Waals surface area contributed by atoms with Crippen LogP contribution in [0.15, 0.2) is 53.3 Å². The van der Waals surface area contributed by atoms with E-state index in [0.29, 0.717) is 17.4 Å². The van der Waals surface area contributed by atoms with Crippen molar-refractivity contribution in [2.75, 3.05) is 5.32 Å². The van der Waals surface area contributed by atoms with Crippen LogP contribution in [0, 0.1) is 11.3 Å². The highest BCUT2D eigenvalue weighted by Crippen LogP contribution is 2.22. The van der Waals surface area contributed by atoms with Crippen LogP contribution < -0.4 is 5.32 Å². The third kappa shape index (κ3) is 3.04. The Hall–Kier alpha value is -4.26. The Morgan fingerprint density at radius 1 is 1.19 bits per heavy atom. The number of nitrogens with zero attached hydrogens (tertiary/aromatic N) is 6. The number of tetrazole rings is 1. The van der Waals surface area contributed by atoms with Crippen molar-refractivity contribution in [3.8, 4) is 29.0 Å². The monoisotopic (exact) mass is 345 g/mol.